The number of ketones is 1. The molecule has 1 N–H and O–H groups in total. The number of halogens is 2. The number of ether oxygens (including phenoxy) is 1. The number of benzene rings is 1. The first kappa shape index (κ1) is 23.2. The molecule has 24 heavy (non-hydrogen) atoms. The third kappa shape index (κ3) is 6.58. The maximum Gasteiger partial charge on any atom is 1.00 e. The van der Waals surface area contributed by atoms with Gasteiger partial charge in [-0.3, -0.25) is 4.79 Å². The van der Waals surface area contributed by atoms with Crippen LogP contribution in [0.25, 0.3) is 0 Å². The molecule has 0 heterocycles. The zero-order valence-corrected chi connectivity index (χ0v) is 16.1. The van der Waals surface area contributed by atoms with Gasteiger partial charge in [-0.05, 0) is 12.5 Å². The van der Waals surface area contributed by atoms with Crippen molar-refractivity contribution in [2.45, 2.75) is 19.2 Å². The van der Waals surface area contributed by atoms with E-state index in [2.05, 4.69) is 4.52 Å². The molecule has 0 fully saturated rings. The summed E-state index contributed by atoms with van der Waals surface area (Å²) in [5.41, 5.74) is -4.07. The summed E-state index contributed by atoms with van der Waals surface area (Å²) in [5, 5.41) is 1.77. The van der Waals surface area contributed by atoms with Gasteiger partial charge in [-0.1, -0.05) is 30.3 Å². The normalized spacial score (nSPS) is 13.3. The van der Waals surface area contributed by atoms with Crippen LogP contribution in [0.15, 0.2) is 30.3 Å². The third-order valence-corrected chi connectivity index (χ3v) is 4.12. The van der Waals surface area contributed by atoms with E-state index in [4.69, 9.17) is 4.74 Å². The van der Waals surface area contributed by atoms with E-state index in [1.54, 1.807) is 35.6 Å². The van der Waals surface area contributed by atoms with Crippen LogP contribution < -0.4 is 39.8 Å². The molecule has 0 aromatic heterocycles. The van der Waals surface area contributed by atoms with E-state index in [1.807, 2.05) is 0 Å². The molecule has 0 aliphatic carbocycles. The molecule has 0 aliphatic heterocycles. The first-order chi connectivity index (χ1) is 10.7. The van der Waals surface area contributed by atoms with Crippen molar-refractivity contribution < 1.29 is 66.6 Å². The topological polar surface area (TPSA) is 105 Å². The second-order valence-electron chi connectivity index (χ2n) is 4.29. The Bertz CT molecular complexity index is 601. The fourth-order valence-electron chi connectivity index (χ4n) is 1.44. The minimum atomic E-state index is -5.70. The molecular formula is C13H15F2NNaO6P. The van der Waals surface area contributed by atoms with Crippen molar-refractivity contribution in [3.8, 4) is 0 Å². The summed E-state index contributed by atoms with van der Waals surface area (Å²) in [7, 11) is -5.70. The minimum absolute atomic E-state index is 0. The summed E-state index contributed by atoms with van der Waals surface area (Å²) < 4.78 is 46.6. The van der Waals surface area contributed by atoms with Crippen molar-refractivity contribution in [2.75, 3.05) is 13.2 Å². The molecule has 7 nitrogen and oxygen atoms in total. The van der Waals surface area contributed by atoms with E-state index in [9.17, 15) is 27.8 Å². The Balaban J connectivity index is 0.00000529. The Morgan fingerprint density at radius 3 is 2.42 bits per heavy atom. The van der Waals surface area contributed by atoms with Crippen LogP contribution in [0.1, 0.15) is 12.5 Å². The van der Waals surface area contributed by atoms with Crippen molar-refractivity contribution in [2.24, 2.45) is 0 Å². The fraction of sp³-hybridized carbons (Fsp3) is 0.385. The van der Waals surface area contributed by atoms with Gasteiger partial charge in [-0.2, -0.15) is 8.78 Å². The molecule has 0 aliphatic rings. The Kier molecular flexibility index (Phi) is 9.87. The molecule has 11 heteroatoms. The van der Waals surface area contributed by atoms with E-state index in [0.29, 0.717) is 5.56 Å². The number of hydrogen-bond acceptors (Lipinski definition) is 6. The molecular weight excluding hydrogens is 358 g/mol. The van der Waals surface area contributed by atoms with Gasteiger partial charge in [0.2, 0.25) is 13.4 Å². The molecule has 1 amide bonds. The predicted octanol–water partition coefficient (Wildman–Crippen LogP) is -1.33. The molecule has 0 saturated carbocycles. The summed E-state index contributed by atoms with van der Waals surface area (Å²) in [4.78, 5) is 33.7. The number of Topliss-reactive ketones (excluding diaryl/α,β-unsaturated/α-hetero) is 1. The molecule has 1 atom stereocenters. The van der Waals surface area contributed by atoms with Gasteiger partial charge in [0.05, 0.1) is 13.2 Å². The van der Waals surface area contributed by atoms with Gasteiger partial charge in [-0.15, -0.1) is 0 Å². The minimum Gasteiger partial charge on any atom is -0.774 e. The summed E-state index contributed by atoms with van der Waals surface area (Å²) in [6, 6.07) is 8.51. The number of hydrogen-bond donors (Lipinski definition) is 1. The van der Waals surface area contributed by atoms with Crippen LogP contribution in [0.5, 0.6) is 0 Å². The molecule has 1 aromatic carbocycles. The third-order valence-electron chi connectivity index (χ3n) is 2.58. The van der Waals surface area contributed by atoms with Crippen molar-refractivity contribution in [3.05, 3.63) is 35.9 Å². The van der Waals surface area contributed by atoms with Gasteiger partial charge in [0.1, 0.15) is 6.61 Å². The second kappa shape index (κ2) is 10.2. The Labute approximate surface area is 159 Å². The number of nitrogens with one attached hydrogen (secondary N) is 1. The number of carbonyl (C=O) groups is 2. The molecule has 0 bridgehead atoms. The van der Waals surface area contributed by atoms with Crippen LogP contribution in [0.2, 0.25) is 0 Å². The van der Waals surface area contributed by atoms with E-state index in [1.165, 1.54) is 6.92 Å². The zero-order chi connectivity index (χ0) is 17.5. The summed E-state index contributed by atoms with van der Waals surface area (Å²) in [6.07, 6.45) is -1.13. The Morgan fingerprint density at radius 1 is 1.29 bits per heavy atom. The Morgan fingerprint density at radius 2 is 1.88 bits per heavy atom. The molecule has 1 rings (SSSR count). The maximum absolute atomic E-state index is 13.4. The summed E-state index contributed by atoms with van der Waals surface area (Å²) >= 11 is 0. The van der Waals surface area contributed by atoms with E-state index >= 15 is 0 Å². The first-order valence-corrected chi connectivity index (χ1v) is 8.06. The van der Waals surface area contributed by atoms with Crippen molar-refractivity contribution in [3.63, 3.8) is 0 Å². The SMILES string of the molecule is CCOP(=O)([O-])C(F)(F)C(=O)CNC(=O)OCc1ccccc1.[Na+]. The smallest absolute Gasteiger partial charge is 0.774 e. The zero-order valence-electron chi connectivity index (χ0n) is 13.2. The molecule has 0 radical (unpaired) electrons. The van der Waals surface area contributed by atoms with Gasteiger partial charge >= 0.3 is 41.3 Å². The van der Waals surface area contributed by atoms with Crippen molar-refractivity contribution in [1.82, 2.24) is 5.32 Å². The van der Waals surface area contributed by atoms with E-state index in [-0.39, 0.29) is 36.2 Å². The molecule has 0 saturated heterocycles. The van der Waals surface area contributed by atoms with Crippen LogP contribution in [0, 0.1) is 0 Å². The van der Waals surface area contributed by atoms with E-state index in [0.717, 1.165) is 0 Å². The van der Waals surface area contributed by atoms with Gasteiger partial charge in [0, 0.05) is 0 Å². The van der Waals surface area contributed by atoms with Gasteiger partial charge in [0.25, 0.3) is 0 Å². The number of carbonyl (C=O) groups excluding carboxylic acids is 2. The predicted molar refractivity (Wildman–Crippen MR) is 73.8 cm³/mol. The molecule has 128 valence electrons. The van der Waals surface area contributed by atoms with Crippen LogP contribution in [0.3, 0.4) is 0 Å². The van der Waals surface area contributed by atoms with Gasteiger partial charge < -0.3 is 24.0 Å². The number of rotatable bonds is 8. The quantitative estimate of drug-likeness (QED) is 0.447. The number of amides is 1. The number of alkyl carbamates (subject to hydrolysis) is 1. The molecule has 0 spiro atoms. The van der Waals surface area contributed by atoms with Crippen LogP contribution in [0.4, 0.5) is 13.6 Å². The monoisotopic (exact) mass is 373 g/mol. The van der Waals surface area contributed by atoms with Crippen LogP contribution in [-0.2, 0) is 25.2 Å². The molecule has 1 aromatic rings. The first-order valence-electron chi connectivity index (χ1n) is 6.52. The average Bonchev–Trinajstić information content (AvgIpc) is 2.51. The standard InChI is InChI=1S/C13H16F2NO6P.Na/c1-2-22-23(19,20)13(14,15)11(17)8-16-12(18)21-9-10-6-4-3-5-7-10;/h3-7H,2,8-9H2,1H3,(H,16,18)(H,19,20);/q;+1/p-1. The summed E-state index contributed by atoms with van der Waals surface area (Å²) in [6.45, 7) is -0.684. The molecule has 1 unspecified atom stereocenters. The van der Waals surface area contributed by atoms with E-state index < -0.39 is 38.3 Å². The van der Waals surface area contributed by atoms with Crippen molar-refractivity contribution in [1.29, 1.82) is 0 Å². The van der Waals surface area contributed by atoms with Gasteiger partial charge in [0.15, 0.2) is 0 Å². The second-order valence-corrected chi connectivity index (χ2v) is 6.11. The fourth-order valence-corrected chi connectivity index (χ4v) is 2.32. The Hall–Kier alpha value is -0.830. The van der Waals surface area contributed by atoms with Crippen LogP contribution in [-0.4, -0.2) is 30.7 Å². The maximum atomic E-state index is 13.4. The van der Waals surface area contributed by atoms with Gasteiger partial charge in [-0.25, -0.2) is 4.79 Å². The van der Waals surface area contributed by atoms with Crippen molar-refractivity contribution >= 4 is 19.5 Å². The van der Waals surface area contributed by atoms with Crippen LogP contribution >= 0.6 is 7.60 Å². The largest absolute Gasteiger partial charge is 1.00 e. The summed E-state index contributed by atoms with van der Waals surface area (Å²) in [5.74, 6) is -2.01. The average molecular weight is 373 g/mol. The number of alkyl halides is 2.